The zero-order valence-corrected chi connectivity index (χ0v) is 13.4. The largest absolute Gasteiger partial charge is 0.348 e. The number of amides is 1. The molecule has 1 aromatic rings. The van der Waals surface area contributed by atoms with E-state index in [1.165, 1.54) is 11.3 Å². The van der Waals surface area contributed by atoms with Crippen molar-refractivity contribution in [3.8, 4) is 0 Å². The van der Waals surface area contributed by atoms with Crippen LogP contribution in [0.15, 0.2) is 5.38 Å². The van der Waals surface area contributed by atoms with Crippen LogP contribution in [0.1, 0.15) is 35.5 Å². The van der Waals surface area contributed by atoms with Gasteiger partial charge in [-0.2, -0.15) is 0 Å². The molecule has 0 saturated heterocycles. The molecule has 0 aliphatic rings. The predicted molar refractivity (Wildman–Crippen MR) is 78.6 cm³/mol. The van der Waals surface area contributed by atoms with Crippen LogP contribution in [0.25, 0.3) is 0 Å². The minimum absolute atomic E-state index is 0.0623. The Morgan fingerprint density at radius 1 is 1.59 bits per heavy atom. The highest BCUT2D eigenvalue weighted by Crippen LogP contribution is 2.27. The Bertz CT molecular complexity index is 392. The molecule has 96 valence electrons. The highest BCUT2D eigenvalue weighted by Gasteiger charge is 2.20. The van der Waals surface area contributed by atoms with Crippen LogP contribution >= 0.6 is 38.9 Å². The number of thiophene rings is 1. The molecule has 1 heterocycles. The van der Waals surface area contributed by atoms with Gasteiger partial charge in [0.2, 0.25) is 0 Å². The van der Waals surface area contributed by atoms with Gasteiger partial charge in [-0.05, 0) is 30.2 Å². The van der Waals surface area contributed by atoms with Gasteiger partial charge in [0.1, 0.15) is 4.88 Å². The second-order valence-corrected chi connectivity index (χ2v) is 6.41. The molecule has 1 atom stereocenters. The van der Waals surface area contributed by atoms with Gasteiger partial charge in [0.15, 0.2) is 0 Å². The summed E-state index contributed by atoms with van der Waals surface area (Å²) >= 11 is 10.9. The number of rotatable bonds is 5. The first-order valence-corrected chi connectivity index (χ1v) is 7.95. The molecule has 2 nitrogen and oxygen atoms in total. The summed E-state index contributed by atoms with van der Waals surface area (Å²) in [6.45, 7) is 6.12. The summed E-state index contributed by atoms with van der Waals surface area (Å²) < 4.78 is 0. The van der Waals surface area contributed by atoms with Crippen LogP contribution < -0.4 is 5.32 Å². The zero-order chi connectivity index (χ0) is 13.0. The van der Waals surface area contributed by atoms with Gasteiger partial charge in [0.25, 0.3) is 5.91 Å². The monoisotopic (exact) mass is 337 g/mol. The number of carbonyl (C=O) groups is 1. The molecule has 0 fully saturated rings. The molecule has 1 unspecified atom stereocenters. The zero-order valence-electron chi connectivity index (χ0n) is 10.2. The number of nitrogens with one attached hydrogen (secondary N) is 1. The summed E-state index contributed by atoms with van der Waals surface area (Å²) in [5, 5.41) is 6.41. The summed E-state index contributed by atoms with van der Waals surface area (Å²) in [5.74, 6) is 0.351. The third-order valence-electron chi connectivity index (χ3n) is 2.65. The minimum Gasteiger partial charge on any atom is -0.348 e. The first kappa shape index (κ1) is 15.0. The van der Waals surface area contributed by atoms with Crippen LogP contribution in [0.4, 0.5) is 0 Å². The van der Waals surface area contributed by atoms with Gasteiger partial charge in [0, 0.05) is 11.4 Å². The van der Waals surface area contributed by atoms with Crippen molar-refractivity contribution < 1.29 is 4.79 Å². The van der Waals surface area contributed by atoms with Crippen LogP contribution in [0.2, 0.25) is 5.02 Å². The van der Waals surface area contributed by atoms with E-state index in [4.69, 9.17) is 11.6 Å². The quantitative estimate of drug-likeness (QED) is 0.799. The fourth-order valence-electron chi connectivity index (χ4n) is 1.51. The SMILES string of the molecule is Cc1csc(C(=O)NC(CCBr)C(C)C)c1Cl. The van der Waals surface area contributed by atoms with E-state index in [0.717, 1.165) is 17.3 Å². The van der Waals surface area contributed by atoms with Crippen LogP contribution in [-0.2, 0) is 0 Å². The number of halogens is 2. The number of hydrogen-bond acceptors (Lipinski definition) is 2. The second kappa shape index (κ2) is 6.76. The lowest BCUT2D eigenvalue weighted by Gasteiger charge is -2.21. The minimum atomic E-state index is -0.0623. The fourth-order valence-corrected chi connectivity index (χ4v) is 3.18. The van der Waals surface area contributed by atoms with E-state index in [2.05, 4.69) is 35.1 Å². The number of carbonyl (C=O) groups excluding carboxylic acids is 1. The molecule has 0 aliphatic carbocycles. The van der Waals surface area contributed by atoms with Crippen molar-refractivity contribution in [3.63, 3.8) is 0 Å². The third kappa shape index (κ3) is 3.97. The van der Waals surface area contributed by atoms with E-state index < -0.39 is 0 Å². The number of aryl methyl sites for hydroxylation is 1. The van der Waals surface area contributed by atoms with Gasteiger partial charge in [-0.15, -0.1) is 11.3 Å². The fraction of sp³-hybridized carbons (Fsp3) is 0.583. The summed E-state index contributed by atoms with van der Waals surface area (Å²) in [6, 6.07) is 0.181. The Kier molecular flexibility index (Phi) is 5.97. The maximum absolute atomic E-state index is 12.1. The molecule has 0 radical (unpaired) electrons. The van der Waals surface area contributed by atoms with Gasteiger partial charge in [-0.3, -0.25) is 4.79 Å². The number of alkyl halides is 1. The molecule has 0 bridgehead atoms. The molecule has 0 saturated carbocycles. The van der Waals surface area contributed by atoms with Crippen molar-refractivity contribution in [3.05, 3.63) is 20.8 Å². The van der Waals surface area contributed by atoms with E-state index in [0.29, 0.717) is 15.8 Å². The Balaban J connectivity index is 2.74. The Hall–Kier alpha value is -0.0600. The van der Waals surface area contributed by atoms with Crippen LogP contribution in [0, 0.1) is 12.8 Å². The summed E-state index contributed by atoms with van der Waals surface area (Å²) in [5.41, 5.74) is 0.961. The van der Waals surface area contributed by atoms with Crippen molar-refractivity contribution >= 4 is 44.8 Å². The maximum Gasteiger partial charge on any atom is 0.263 e. The van der Waals surface area contributed by atoms with E-state index in [1.54, 1.807) is 0 Å². The molecule has 1 amide bonds. The maximum atomic E-state index is 12.1. The number of hydrogen-bond donors (Lipinski definition) is 1. The second-order valence-electron chi connectivity index (χ2n) is 4.36. The van der Waals surface area contributed by atoms with E-state index in [9.17, 15) is 4.79 Å². The standard InChI is InChI=1S/C12H17BrClNOS/c1-7(2)9(4-5-13)15-12(16)11-10(14)8(3)6-17-11/h6-7,9H,4-5H2,1-3H3,(H,15,16). The highest BCUT2D eigenvalue weighted by atomic mass is 79.9. The molecule has 1 rings (SSSR count). The Morgan fingerprint density at radius 3 is 2.65 bits per heavy atom. The van der Waals surface area contributed by atoms with Crippen molar-refractivity contribution in [2.75, 3.05) is 5.33 Å². The van der Waals surface area contributed by atoms with Crippen molar-refractivity contribution in [2.24, 2.45) is 5.92 Å². The van der Waals surface area contributed by atoms with E-state index in [1.807, 2.05) is 12.3 Å². The Morgan fingerprint density at radius 2 is 2.24 bits per heavy atom. The molecule has 0 aliphatic heterocycles. The summed E-state index contributed by atoms with van der Waals surface area (Å²) in [6.07, 6.45) is 0.922. The average Bonchev–Trinajstić information content (AvgIpc) is 2.59. The topological polar surface area (TPSA) is 29.1 Å². The van der Waals surface area contributed by atoms with Gasteiger partial charge in [-0.1, -0.05) is 41.4 Å². The third-order valence-corrected chi connectivity index (χ3v) is 4.80. The van der Waals surface area contributed by atoms with Crippen molar-refractivity contribution in [1.82, 2.24) is 5.32 Å². The van der Waals surface area contributed by atoms with Crippen LogP contribution in [0.5, 0.6) is 0 Å². The van der Waals surface area contributed by atoms with Crippen LogP contribution in [-0.4, -0.2) is 17.3 Å². The van der Waals surface area contributed by atoms with E-state index >= 15 is 0 Å². The Labute approximate surface area is 120 Å². The van der Waals surface area contributed by atoms with Gasteiger partial charge < -0.3 is 5.32 Å². The molecule has 0 spiro atoms. The van der Waals surface area contributed by atoms with Gasteiger partial charge in [-0.25, -0.2) is 0 Å². The predicted octanol–water partition coefficient (Wildman–Crippen LogP) is 4.25. The highest BCUT2D eigenvalue weighted by molar-refractivity contribution is 9.09. The lowest BCUT2D eigenvalue weighted by molar-refractivity contribution is 0.0929. The summed E-state index contributed by atoms with van der Waals surface area (Å²) in [4.78, 5) is 12.7. The molecular weight excluding hydrogens is 322 g/mol. The van der Waals surface area contributed by atoms with E-state index in [-0.39, 0.29) is 11.9 Å². The molecule has 1 N–H and O–H groups in total. The van der Waals surface area contributed by atoms with Gasteiger partial charge >= 0.3 is 0 Å². The van der Waals surface area contributed by atoms with Crippen molar-refractivity contribution in [1.29, 1.82) is 0 Å². The first-order chi connectivity index (χ1) is 7.97. The summed E-state index contributed by atoms with van der Waals surface area (Å²) in [7, 11) is 0. The lowest BCUT2D eigenvalue weighted by Crippen LogP contribution is -2.38. The smallest absolute Gasteiger partial charge is 0.263 e. The first-order valence-electron chi connectivity index (χ1n) is 5.57. The molecule has 17 heavy (non-hydrogen) atoms. The normalized spacial score (nSPS) is 12.8. The van der Waals surface area contributed by atoms with Crippen molar-refractivity contribution in [2.45, 2.75) is 33.2 Å². The lowest BCUT2D eigenvalue weighted by atomic mass is 10.0. The average molecular weight is 339 g/mol. The van der Waals surface area contributed by atoms with Crippen LogP contribution in [0.3, 0.4) is 0 Å². The molecular formula is C12H17BrClNOS. The molecule has 5 heteroatoms. The molecule has 1 aromatic heterocycles. The molecule has 0 aromatic carbocycles. The van der Waals surface area contributed by atoms with Gasteiger partial charge in [0.05, 0.1) is 5.02 Å².